The van der Waals surface area contributed by atoms with Gasteiger partial charge in [0.15, 0.2) is 11.7 Å². The summed E-state index contributed by atoms with van der Waals surface area (Å²) in [6.07, 6.45) is 1.84. The van der Waals surface area contributed by atoms with Crippen molar-refractivity contribution in [3.63, 3.8) is 0 Å². The molecule has 0 aliphatic heterocycles. The smallest absolute Gasteiger partial charge is 0.200 e. The maximum absolute atomic E-state index is 10.5. The molecule has 2 aromatic rings. The molecule has 0 bridgehead atoms. The summed E-state index contributed by atoms with van der Waals surface area (Å²) in [5.41, 5.74) is 0.659. The maximum atomic E-state index is 10.5. The van der Waals surface area contributed by atoms with Crippen LogP contribution in [0.2, 0.25) is 0 Å². The molecule has 2 aromatic heterocycles. The fourth-order valence-corrected chi connectivity index (χ4v) is 2.90. The molecule has 2 N–H and O–H groups in total. The summed E-state index contributed by atoms with van der Waals surface area (Å²) in [5, 5.41) is 14.5. The lowest BCUT2D eigenvalue weighted by atomic mass is 10.2. The molecule has 0 saturated carbocycles. The van der Waals surface area contributed by atoms with Gasteiger partial charge in [-0.2, -0.15) is 0 Å². The van der Waals surface area contributed by atoms with Gasteiger partial charge in [0.05, 0.1) is 10.5 Å². The van der Waals surface area contributed by atoms with Crippen molar-refractivity contribution in [2.75, 3.05) is 6.26 Å². The van der Waals surface area contributed by atoms with Gasteiger partial charge in [0.1, 0.15) is 0 Å². The molecule has 0 atom stereocenters. The molecule has 4 nitrogen and oxygen atoms in total. The van der Waals surface area contributed by atoms with Crippen LogP contribution in [0.1, 0.15) is 0 Å². The summed E-state index contributed by atoms with van der Waals surface area (Å²) in [6, 6.07) is 3.78. The zero-order chi connectivity index (χ0) is 10.8. The van der Waals surface area contributed by atoms with E-state index in [0.29, 0.717) is 10.5 Å². The van der Waals surface area contributed by atoms with Gasteiger partial charge in [-0.15, -0.1) is 28.0 Å². The predicted molar refractivity (Wildman–Crippen MR) is 63.0 cm³/mol. The average molecular weight is 240 g/mol. The lowest BCUT2D eigenvalue weighted by molar-refractivity contribution is 0.459. The van der Waals surface area contributed by atoms with E-state index in [4.69, 9.17) is 0 Å². The molecule has 0 aliphatic carbocycles. The molecule has 0 spiro atoms. The van der Waals surface area contributed by atoms with Crippen molar-refractivity contribution in [3.8, 4) is 16.3 Å². The first-order valence-electron chi connectivity index (χ1n) is 4.14. The third kappa shape index (κ3) is 1.66. The summed E-state index contributed by atoms with van der Waals surface area (Å²) in [6.45, 7) is 0. The molecule has 0 radical (unpaired) electrons. The number of nitrogens with one attached hydrogen (secondary N) is 1. The van der Waals surface area contributed by atoms with Gasteiger partial charge in [0.2, 0.25) is 0 Å². The third-order valence-corrected chi connectivity index (χ3v) is 3.67. The third-order valence-electron chi connectivity index (χ3n) is 1.98. The van der Waals surface area contributed by atoms with Crippen LogP contribution >= 0.6 is 23.1 Å². The molecule has 0 aliphatic rings. The normalized spacial score (nSPS) is 10.5. The molecule has 0 unspecified atom stereocenters. The van der Waals surface area contributed by atoms with E-state index in [2.05, 4.69) is 10.2 Å². The van der Waals surface area contributed by atoms with E-state index >= 15 is 0 Å². The molecular weight excluding hydrogens is 232 g/mol. The van der Waals surface area contributed by atoms with Gasteiger partial charge in [0.25, 0.3) is 0 Å². The first kappa shape index (κ1) is 10.3. The van der Waals surface area contributed by atoms with Crippen molar-refractivity contribution in [2.45, 2.75) is 4.90 Å². The first-order valence-corrected chi connectivity index (χ1v) is 6.24. The molecule has 0 fully saturated rings. The second-order valence-corrected chi connectivity index (χ2v) is 4.56. The Kier molecular flexibility index (Phi) is 2.79. The number of thioether (sulfide) groups is 1. The molecule has 0 saturated heterocycles. The number of hydrogen-bond donors (Lipinski definition) is 2. The van der Waals surface area contributed by atoms with E-state index in [0.717, 1.165) is 4.88 Å². The fourth-order valence-electron chi connectivity index (χ4n) is 1.37. The van der Waals surface area contributed by atoms with Gasteiger partial charge in [-0.3, -0.25) is 0 Å². The predicted octanol–water partition coefficient (Wildman–Crippen LogP) is 3.57. The fraction of sp³-hybridized carbons (Fsp3) is 0.111. The van der Waals surface area contributed by atoms with Crippen molar-refractivity contribution in [1.82, 2.24) is 4.98 Å². The van der Waals surface area contributed by atoms with Crippen LogP contribution in [0, 0.1) is 4.91 Å². The van der Waals surface area contributed by atoms with Crippen molar-refractivity contribution < 1.29 is 5.11 Å². The van der Waals surface area contributed by atoms with Gasteiger partial charge in [-0.25, -0.2) is 0 Å². The SMILES string of the molecule is CSc1c(N=O)[nH]c(O)c1-c1cccs1. The minimum Gasteiger partial charge on any atom is -0.494 e. The summed E-state index contributed by atoms with van der Waals surface area (Å²) >= 11 is 2.89. The van der Waals surface area contributed by atoms with E-state index in [1.165, 1.54) is 23.1 Å². The minimum absolute atomic E-state index is 0.00333. The Morgan fingerprint density at radius 3 is 2.93 bits per heavy atom. The number of thiophene rings is 1. The highest BCUT2D eigenvalue weighted by Gasteiger charge is 2.19. The van der Waals surface area contributed by atoms with E-state index in [9.17, 15) is 10.0 Å². The number of aromatic nitrogens is 1. The van der Waals surface area contributed by atoms with Crippen LogP contribution < -0.4 is 0 Å². The van der Waals surface area contributed by atoms with Gasteiger partial charge < -0.3 is 10.1 Å². The summed E-state index contributed by atoms with van der Waals surface area (Å²) in [7, 11) is 0. The van der Waals surface area contributed by atoms with Crippen molar-refractivity contribution >= 4 is 28.9 Å². The Bertz CT molecular complexity index is 477. The van der Waals surface area contributed by atoms with E-state index in [-0.39, 0.29) is 11.7 Å². The highest BCUT2D eigenvalue weighted by atomic mass is 32.2. The van der Waals surface area contributed by atoms with Crippen LogP contribution in [0.5, 0.6) is 5.88 Å². The van der Waals surface area contributed by atoms with Crippen LogP contribution in [-0.2, 0) is 0 Å². The van der Waals surface area contributed by atoms with Gasteiger partial charge >= 0.3 is 0 Å². The summed E-state index contributed by atoms with van der Waals surface area (Å²) in [4.78, 5) is 14.7. The number of aromatic amines is 1. The standard InChI is InChI=1S/C9H8N2O2S2/c1-14-7-6(5-3-2-4-15-5)9(12)10-8(7)11-13/h2-4,10,12H,1H3. The Hall–Kier alpha value is -1.27. The Morgan fingerprint density at radius 2 is 2.40 bits per heavy atom. The lowest BCUT2D eigenvalue weighted by Gasteiger charge is -1.97. The second-order valence-electron chi connectivity index (χ2n) is 2.80. The Labute approximate surface area is 94.3 Å². The topological polar surface area (TPSA) is 65.5 Å². The van der Waals surface area contributed by atoms with E-state index in [1.54, 1.807) is 0 Å². The van der Waals surface area contributed by atoms with Gasteiger partial charge in [0, 0.05) is 4.88 Å². The van der Waals surface area contributed by atoms with E-state index in [1.807, 2.05) is 23.8 Å². The molecule has 15 heavy (non-hydrogen) atoms. The quantitative estimate of drug-likeness (QED) is 0.636. The molecule has 2 heterocycles. The van der Waals surface area contributed by atoms with Crippen LogP contribution in [0.15, 0.2) is 27.6 Å². The highest BCUT2D eigenvalue weighted by molar-refractivity contribution is 7.99. The molecular formula is C9H8N2O2S2. The average Bonchev–Trinajstić information content (AvgIpc) is 2.83. The van der Waals surface area contributed by atoms with Gasteiger partial charge in [-0.05, 0) is 22.9 Å². The Balaban J connectivity index is 2.64. The molecule has 78 valence electrons. The van der Waals surface area contributed by atoms with Crippen molar-refractivity contribution in [2.24, 2.45) is 5.18 Å². The number of nitroso groups, excluding NO2 is 1. The largest absolute Gasteiger partial charge is 0.494 e. The number of rotatable bonds is 3. The molecule has 0 aromatic carbocycles. The highest BCUT2D eigenvalue weighted by Crippen LogP contribution is 2.44. The Morgan fingerprint density at radius 1 is 1.60 bits per heavy atom. The van der Waals surface area contributed by atoms with Gasteiger partial charge in [-0.1, -0.05) is 6.07 Å². The maximum Gasteiger partial charge on any atom is 0.200 e. The summed E-state index contributed by atoms with van der Waals surface area (Å²) < 4.78 is 0. The number of hydrogen-bond acceptors (Lipinski definition) is 5. The molecule has 6 heteroatoms. The van der Waals surface area contributed by atoms with Crippen LogP contribution in [0.3, 0.4) is 0 Å². The number of aromatic hydroxyl groups is 1. The monoisotopic (exact) mass is 240 g/mol. The van der Waals surface area contributed by atoms with Crippen LogP contribution in [-0.4, -0.2) is 16.3 Å². The zero-order valence-electron chi connectivity index (χ0n) is 7.85. The molecule has 2 rings (SSSR count). The lowest BCUT2D eigenvalue weighted by Crippen LogP contribution is -1.71. The molecule has 0 amide bonds. The van der Waals surface area contributed by atoms with Crippen molar-refractivity contribution in [3.05, 3.63) is 22.4 Å². The van der Waals surface area contributed by atoms with Crippen LogP contribution in [0.25, 0.3) is 10.4 Å². The second kappa shape index (κ2) is 4.08. The first-order chi connectivity index (χ1) is 7.27. The van der Waals surface area contributed by atoms with Crippen molar-refractivity contribution in [1.29, 1.82) is 0 Å². The minimum atomic E-state index is -0.00333. The number of nitrogens with zero attached hydrogens (tertiary/aromatic N) is 1. The number of H-pyrrole nitrogens is 1. The zero-order valence-corrected chi connectivity index (χ0v) is 9.48. The van der Waals surface area contributed by atoms with E-state index < -0.39 is 0 Å². The summed E-state index contributed by atoms with van der Waals surface area (Å²) in [5.74, 6) is 0.180. The van der Waals surface area contributed by atoms with Crippen LogP contribution in [0.4, 0.5) is 5.82 Å².